The first-order valence-electron chi connectivity index (χ1n) is 3.19. The van der Waals surface area contributed by atoms with Gasteiger partial charge in [0.2, 0.25) is 0 Å². The summed E-state index contributed by atoms with van der Waals surface area (Å²) in [5, 5.41) is -0.220. The van der Waals surface area contributed by atoms with Crippen LogP contribution in [0.1, 0.15) is 27.7 Å². The highest BCUT2D eigenvalue weighted by molar-refractivity contribution is 7.63. The van der Waals surface area contributed by atoms with Gasteiger partial charge in [0.1, 0.15) is 7.29 Å². The SMILES string of the molecule is CCP(N)(=O)C(C)(C)C. The minimum Gasteiger partial charge on any atom is -0.306 e. The van der Waals surface area contributed by atoms with Crippen molar-refractivity contribution in [2.75, 3.05) is 6.16 Å². The zero-order valence-electron chi connectivity index (χ0n) is 6.64. The lowest BCUT2D eigenvalue weighted by Gasteiger charge is -2.25. The fourth-order valence-corrected chi connectivity index (χ4v) is 1.42. The van der Waals surface area contributed by atoms with E-state index >= 15 is 0 Å². The van der Waals surface area contributed by atoms with Crippen LogP contribution in [0.15, 0.2) is 0 Å². The molecule has 56 valence electrons. The maximum Gasteiger partial charge on any atom is 0.150 e. The van der Waals surface area contributed by atoms with Crippen LogP contribution in [0.3, 0.4) is 0 Å². The molecule has 0 aromatic heterocycles. The molecule has 2 N–H and O–H groups in total. The van der Waals surface area contributed by atoms with Gasteiger partial charge in [0.25, 0.3) is 0 Å². The summed E-state index contributed by atoms with van der Waals surface area (Å²) < 4.78 is 11.4. The Balaban J connectivity index is 4.35. The van der Waals surface area contributed by atoms with Gasteiger partial charge >= 0.3 is 0 Å². The molecule has 0 aromatic rings. The Hall–Kier alpha value is 0.190. The molecule has 2 nitrogen and oxygen atoms in total. The van der Waals surface area contributed by atoms with Crippen LogP contribution in [0.25, 0.3) is 0 Å². The highest BCUT2D eigenvalue weighted by Gasteiger charge is 2.29. The second-order valence-electron chi connectivity index (χ2n) is 3.28. The zero-order chi connectivity index (χ0) is 7.71. The first-order valence-corrected chi connectivity index (χ1v) is 5.15. The topological polar surface area (TPSA) is 43.1 Å². The number of hydrogen-bond donors (Lipinski definition) is 1. The molecule has 0 spiro atoms. The van der Waals surface area contributed by atoms with Crippen LogP contribution in [0.2, 0.25) is 0 Å². The van der Waals surface area contributed by atoms with Crippen molar-refractivity contribution in [2.24, 2.45) is 5.50 Å². The first-order chi connectivity index (χ1) is 3.81. The van der Waals surface area contributed by atoms with Gasteiger partial charge in [-0.25, -0.2) is 0 Å². The maximum atomic E-state index is 11.4. The molecule has 0 aliphatic rings. The van der Waals surface area contributed by atoms with Gasteiger partial charge in [0, 0.05) is 11.3 Å². The normalized spacial score (nSPS) is 19.2. The summed E-state index contributed by atoms with van der Waals surface area (Å²) in [6, 6.07) is 0. The third kappa shape index (κ3) is 2.11. The molecule has 0 aromatic carbocycles. The quantitative estimate of drug-likeness (QED) is 0.580. The second kappa shape index (κ2) is 2.43. The molecule has 1 unspecified atom stereocenters. The minimum absolute atomic E-state index is 0.220. The van der Waals surface area contributed by atoms with Gasteiger partial charge in [-0.1, -0.05) is 27.7 Å². The molecule has 0 saturated heterocycles. The molecular weight excluding hydrogens is 133 g/mol. The molecule has 0 fully saturated rings. The Morgan fingerprint density at radius 1 is 1.44 bits per heavy atom. The lowest BCUT2D eigenvalue weighted by molar-refractivity contribution is 0.550. The van der Waals surface area contributed by atoms with E-state index < -0.39 is 7.29 Å². The summed E-state index contributed by atoms with van der Waals surface area (Å²) in [5.74, 6) is 0. The minimum atomic E-state index is -2.36. The highest BCUT2D eigenvalue weighted by atomic mass is 31.2. The Bertz CT molecular complexity index is 136. The Morgan fingerprint density at radius 3 is 1.78 bits per heavy atom. The van der Waals surface area contributed by atoms with E-state index in [9.17, 15) is 4.57 Å². The smallest absolute Gasteiger partial charge is 0.150 e. The third-order valence-corrected chi connectivity index (χ3v) is 4.82. The van der Waals surface area contributed by atoms with E-state index in [4.69, 9.17) is 5.50 Å². The fourth-order valence-electron chi connectivity index (χ4n) is 0.474. The lowest BCUT2D eigenvalue weighted by Crippen LogP contribution is -2.21. The van der Waals surface area contributed by atoms with Gasteiger partial charge in [-0.2, -0.15) is 0 Å². The molecule has 0 aliphatic carbocycles. The number of nitrogens with two attached hydrogens (primary N) is 1. The molecule has 0 radical (unpaired) electrons. The van der Waals surface area contributed by atoms with Gasteiger partial charge in [0.15, 0.2) is 0 Å². The molecule has 3 heteroatoms. The first kappa shape index (κ1) is 9.19. The second-order valence-corrected chi connectivity index (χ2v) is 6.85. The van der Waals surface area contributed by atoms with Crippen LogP contribution in [-0.4, -0.2) is 11.3 Å². The molecule has 0 heterocycles. The van der Waals surface area contributed by atoms with E-state index in [1.807, 2.05) is 27.7 Å². The van der Waals surface area contributed by atoms with E-state index in [1.165, 1.54) is 0 Å². The Kier molecular flexibility index (Phi) is 2.48. The van der Waals surface area contributed by atoms with Crippen LogP contribution in [0, 0.1) is 0 Å². The van der Waals surface area contributed by atoms with Crippen molar-refractivity contribution in [1.29, 1.82) is 0 Å². The van der Waals surface area contributed by atoms with Crippen molar-refractivity contribution in [3.8, 4) is 0 Å². The molecule has 0 bridgehead atoms. The molecule has 9 heavy (non-hydrogen) atoms. The molecular formula is C6H16NOP. The maximum absolute atomic E-state index is 11.4. The van der Waals surface area contributed by atoms with Crippen LogP contribution in [-0.2, 0) is 4.57 Å². The van der Waals surface area contributed by atoms with Gasteiger partial charge in [-0.05, 0) is 0 Å². The van der Waals surface area contributed by atoms with Crippen molar-refractivity contribution in [1.82, 2.24) is 0 Å². The predicted molar refractivity (Wildman–Crippen MR) is 42.1 cm³/mol. The lowest BCUT2D eigenvalue weighted by atomic mass is 10.3. The van der Waals surface area contributed by atoms with Crippen LogP contribution in [0.4, 0.5) is 0 Å². The van der Waals surface area contributed by atoms with Crippen molar-refractivity contribution < 1.29 is 4.57 Å². The Labute approximate surface area is 57.2 Å². The van der Waals surface area contributed by atoms with E-state index in [2.05, 4.69) is 0 Å². The van der Waals surface area contributed by atoms with E-state index in [0.717, 1.165) is 0 Å². The summed E-state index contributed by atoms with van der Waals surface area (Å²) >= 11 is 0. The van der Waals surface area contributed by atoms with Crippen LogP contribution < -0.4 is 5.50 Å². The van der Waals surface area contributed by atoms with Crippen LogP contribution in [0.5, 0.6) is 0 Å². The number of rotatable bonds is 1. The monoisotopic (exact) mass is 149 g/mol. The number of hydrogen-bond acceptors (Lipinski definition) is 1. The van der Waals surface area contributed by atoms with Crippen molar-refractivity contribution in [3.05, 3.63) is 0 Å². The van der Waals surface area contributed by atoms with Crippen LogP contribution >= 0.6 is 7.29 Å². The summed E-state index contributed by atoms with van der Waals surface area (Å²) in [5.41, 5.74) is 5.55. The summed E-state index contributed by atoms with van der Waals surface area (Å²) in [6.45, 7) is 7.61. The van der Waals surface area contributed by atoms with E-state index in [-0.39, 0.29) is 5.16 Å². The van der Waals surface area contributed by atoms with E-state index in [0.29, 0.717) is 6.16 Å². The van der Waals surface area contributed by atoms with Gasteiger partial charge in [-0.3, -0.25) is 5.50 Å². The zero-order valence-corrected chi connectivity index (χ0v) is 7.53. The van der Waals surface area contributed by atoms with E-state index in [1.54, 1.807) is 0 Å². The van der Waals surface area contributed by atoms with Gasteiger partial charge in [-0.15, -0.1) is 0 Å². The van der Waals surface area contributed by atoms with Gasteiger partial charge in [0.05, 0.1) is 0 Å². The van der Waals surface area contributed by atoms with Crippen molar-refractivity contribution in [3.63, 3.8) is 0 Å². The molecule has 0 amide bonds. The average Bonchev–Trinajstić information content (AvgIpc) is 1.64. The predicted octanol–water partition coefficient (Wildman–Crippen LogP) is 2.04. The summed E-state index contributed by atoms with van der Waals surface area (Å²) in [7, 11) is -2.36. The summed E-state index contributed by atoms with van der Waals surface area (Å²) in [6.07, 6.45) is 0.594. The molecule has 1 atom stereocenters. The molecule has 0 aliphatic heterocycles. The summed E-state index contributed by atoms with van der Waals surface area (Å²) in [4.78, 5) is 0. The standard InChI is InChI=1S/C6H16NOP/c1-5-9(7,8)6(2,3)4/h5H2,1-4H3,(H2,7,8). The Morgan fingerprint density at radius 2 is 1.78 bits per heavy atom. The molecule has 0 rings (SSSR count). The molecule has 0 saturated carbocycles. The third-order valence-electron chi connectivity index (χ3n) is 1.61. The average molecular weight is 149 g/mol. The van der Waals surface area contributed by atoms with Crippen molar-refractivity contribution in [2.45, 2.75) is 32.9 Å². The largest absolute Gasteiger partial charge is 0.306 e. The van der Waals surface area contributed by atoms with Crippen molar-refractivity contribution >= 4 is 7.29 Å². The highest BCUT2D eigenvalue weighted by Crippen LogP contribution is 2.49. The van der Waals surface area contributed by atoms with Gasteiger partial charge < -0.3 is 4.57 Å². The fraction of sp³-hybridized carbons (Fsp3) is 1.00.